The molecule has 1 heteroatoms. The fraction of sp³-hybridized carbons (Fsp3) is 0.320. The molecule has 0 unspecified atom stereocenters. The van der Waals surface area contributed by atoms with Crippen molar-refractivity contribution in [2.45, 2.75) is 46.5 Å². The van der Waals surface area contributed by atoms with Crippen LogP contribution >= 0.6 is 0 Å². The molecule has 0 radical (unpaired) electrons. The lowest BCUT2D eigenvalue weighted by molar-refractivity contribution is -0.122. The number of carbonyl (C=O) groups is 1. The van der Waals surface area contributed by atoms with E-state index in [1.54, 1.807) is 0 Å². The molecule has 0 spiro atoms. The highest BCUT2D eigenvalue weighted by atomic mass is 16.1. The van der Waals surface area contributed by atoms with Crippen molar-refractivity contribution in [3.63, 3.8) is 0 Å². The lowest BCUT2D eigenvalue weighted by atomic mass is 9.76. The Morgan fingerprint density at radius 2 is 1.35 bits per heavy atom. The number of ketones is 1. The molecule has 0 fully saturated rings. The molecule has 134 valence electrons. The Morgan fingerprint density at radius 3 is 1.92 bits per heavy atom. The van der Waals surface area contributed by atoms with Gasteiger partial charge in [0, 0.05) is 5.41 Å². The number of allylic oxidation sites excluding steroid dienone is 3. The van der Waals surface area contributed by atoms with Crippen LogP contribution in [0, 0.1) is 5.41 Å². The Hall–Kier alpha value is -2.41. The molecule has 0 N–H and O–H groups in total. The van der Waals surface area contributed by atoms with E-state index in [0.717, 1.165) is 31.3 Å². The summed E-state index contributed by atoms with van der Waals surface area (Å²) in [6.07, 6.45) is 6.37. The van der Waals surface area contributed by atoms with Crippen molar-refractivity contribution >= 4 is 17.4 Å². The molecule has 1 aliphatic rings. The average Bonchev–Trinajstić information content (AvgIpc) is 2.66. The normalized spacial score (nSPS) is 15.9. The van der Waals surface area contributed by atoms with Crippen molar-refractivity contribution < 1.29 is 4.79 Å². The Balaban J connectivity index is 2.18. The van der Waals surface area contributed by atoms with Gasteiger partial charge in [-0.15, -0.1) is 0 Å². The molecule has 1 aliphatic carbocycles. The van der Waals surface area contributed by atoms with Gasteiger partial charge >= 0.3 is 0 Å². The molecule has 3 rings (SSSR count). The quantitative estimate of drug-likeness (QED) is 0.563. The first-order chi connectivity index (χ1) is 12.5. The van der Waals surface area contributed by atoms with E-state index in [1.165, 1.54) is 22.3 Å². The maximum atomic E-state index is 13.1. The Morgan fingerprint density at radius 1 is 0.808 bits per heavy atom. The van der Waals surface area contributed by atoms with Crippen LogP contribution in [-0.4, -0.2) is 5.78 Å². The summed E-state index contributed by atoms with van der Waals surface area (Å²) in [5.74, 6) is 0.294. The average molecular weight is 344 g/mol. The molecule has 0 atom stereocenters. The second-order valence-electron chi connectivity index (χ2n) is 8.08. The topological polar surface area (TPSA) is 17.1 Å². The number of hydrogen-bond donors (Lipinski definition) is 0. The second kappa shape index (κ2) is 7.86. The van der Waals surface area contributed by atoms with Gasteiger partial charge in [-0.1, -0.05) is 81.4 Å². The van der Waals surface area contributed by atoms with Gasteiger partial charge in [0.1, 0.15) is 0 Å². The summed E-state index contributed by atoms with van der Waals surface area (Å²) in [5.41, 5.74) is 5.50. The lowest BCUT2D eigenvalue weighted by Gasteiger charge is -2.27. The predicted molar refractivity (Wildman–Crippen MR) is 111 cm³/mol. The van der Waals surface area contributed by atoms with Crippen LogP contribution in [0.2, 0.25) is 0 Å². The third kappa shape index (κ3) is 4.22. The summed E-state index contributed by atoms with van der Waals surface area (Å²) in [4.78, 5) is 13.1. The van der Waals surface area contributed by atoms with Crippen LogP contribution in [0.4, 0.5) is 0 Å². The molecule has 0 aromatic heterocycles. The monoisotopic (exact) mass is 344 g/mol. The minimum absolute atomic E-state index is 0.294. The molecule has 26 heavy (non-hydrogen) atoms. The van der Waals surface area contributed by atoms with Crippen LogP contribution in [0.1, 0.15) is 57.6 Å². The van der Waals surface area contributed by atoms with Crippen molar-refractivity contribution in [2.24, 2.45) is 5.41 Å². The summed E-state index contributed by atoms with van der Waals surface area (Å²) in [5, 5.41) is 0. The van der Waals surface area contributed by atoms with Crippen molar-refractivity contribution in [3.05, 3.63) is 82.9 Å². The first-order valence-electron chi connectivity index (χ1n) is 9.56. The standard InChI is InChI=1S/C25H28O/c1-25(2,3)24(26)22-17-11-10-16-21(22)23(20-14-8-5-9-15-20)18-19-12-6-4-7-13-19/h4-9,12-15,18H,10-11,16-17H2,1-3H3/b23-18+. The molecular formula is C25H28O. The van der Waals surface area contributed by atoms with Crippen LogP contribution in [0.15, 0.2) is 71.8 Å². The van der Waals surface area contributed by atoms with Crippen molar-refractivity contribution in [3.8, 4) is 0 Å². The molecular weight excluding hydrogens is 316 g/mol. The molecule has 2 aromatic rings. The van der Waals surface area contributed by atoms with Gasteiger partial charge in [0.05, 0.1) is 0 Å². The lowest BCUT2D eigenvalue weighted by Crippen LogP contribution is -2.24. The molecule has 0 bridgehead atoms. The van der Waals surface area contributed by atoms with E-state index in [4.69, 9.17) is 0 Å². The largest absolute Gasteiger partial charge is 0.294 e. The van der Waals surface area contributed by atoms with E-state index < -0.39 is 0 Å². The number of benzene rings is 2. The third-order valence-electron chi connectivity index (χ3n) is 4.94. The molecule has 2 aromatic carbocycles. The van der Waals surface area contributed by atoms with E-state index in [2.05, 4.69) is 54.6 Å². The predicted octanol–water partition coefficient (Wildman–Crippen LogP) is 6.71. The number of hydrogen-bond acceptors (Lipinski definition) is 1. The van der Waals surface area contributed by atoms with E-state index >= 15 is 0 Å². The Bertz CT molecular complexity index is 817. The molecule has 0 saturated carbocycles. The summed E-state index contributed by atoms with van der Waals surface area (Å²) >= 11 is 0. The van der Waals surface area contributed by atoms with Gasteiger partial charge in [-0.25, -0.2) is 0 Å². The van der Waals surface area contributed by atoms with Gasteiger partial charge in [0.25, 0.3) is 0 Å². The first kappa shape index (κ1) is 18.4. The maximum absolute atomic E-state index is 13.1. The zero-order valence-corrected chi connectivity index (χ0v) is 16.1. The fourth-order valence-electron chi connectivity index (χ4n) is 3.58. The van der Waals surface area contributed by atoms with E-state index in [1.807, 2.05) is 32.9 Å². The van der Waals surface area contributed by atoms with Gasteiger partial charge < -0.3 is 0 Å². The molecule has 0 aliphatic heterocycles. The van der Waals surface area contributed by atoms with Gasteiger partial charge in [-0.3, -0.25) is 4.79 Å². The van der Waals surface area contributed by atoms with E-state index in [0.29, 0.717) is 5.78 Å². The van der Waals surface area contributed by atoms with Crippen LogP contribution in [-0.2, 0) is 4.79 Å². The minimum atomic E-state index is -0.341. The Labute approximate surface area is 157 Å². The van der Waals surface area contributed by atoms with E-state index in [-0.39, 0.29) is 5.41 Å². The highest BCUT2D eigenvalue weighted by molar-refractivity contribution is 6.05. The first-order valence-corrected chi connectivity index (χ1v) is 9.56. The van der Waals surface area contributed by atoms with Crippen LogP contribution in [0.5, 0.6) is 0 Å². The number of Topliss-reactive ketones (excluding diaryl/α,β-unsaturated/α-hetero) is 1. The Kier molecular flexibility index (Phi) is 5.56. The van der Waals surface area contributed by atoms with Crippen LogP contribution in [0.25, 0.3) is 11.6 Å². The summed E-state index contributed by atoms with van der Waals surface area (Å²) < 4.78 is 0. The number of rotatable bonds is 4. The zero-order valence-electron chi connectivity index (χ0n) is 16.1. The van der Waals surface area contributed by atoms with Gasteiger partial charge in [0.2, 0.25) is 0 Å². The molecule has 0 amide bonds. The zero-order chi connectivity index (χ0) is 18.6. The highest BCUT2D eigenvalue weighted by Crippen LogP contribution is 2.39. The molecule has 0 saturated heterocycles. The van der Waals surface area contributed by atoms with Crippen LogP contribution < -0.4 is 0 Å². The maximum Gasteiger partial charge on any atom is 0.164 e. The molecule has 0 heterocycles. The third-order valence-corrected chi connectivity index (χ3v) is 4.94. The van der Waals surface area contributed by atoms with Gasteiger partial charge in [-0.05, 0) is 59.6 Å². The minimum Gasteiger partial charge on any atom is -0.294 e. The summed E-state index contributed by atoms with van der Waals surface area (Å²) in [6.45, 7) is 6.08. The summed E-state index contributed by atoms with van der Waals surface area (Å²) in [6, 6.07) is 20.9. The number of carbonyl (C=O) groups excluding carboxylic acids is 1. The van der Waals surface area contributed by atoms with Crippen molar-refractivity contribution in [2.75, 3.05) is 0 Å². The molecule has 1 nitrogen and oxygen atoms in total. The second-order valence-corrected chi connectivity index (χ2v) is 8.08. The fourth-order valence-corrected chi connectivity index (χ4v) is 3.58. The highest BCUT2D eigenvalue weighted by Gasteiger charge is 2.29. The SMILES string of the molecule is CC(C)(C)C(=O)C1=C(/C(=C/c2ccccc2)c2ccccc2)CCCC1. The van der Waals surface area contributed by atoms with Crippen LogP contribution in [0.3, 0.4) is 0 Å². The van der Waals surface area contributed by atoms with Crippen molar-refractivity contribution in [1.82, 2.24) is 0 Å². The van der Waals surface area contributed by atoms with Gasteiger partial charge in [-0.2, -0.15) is 0 Å². The smallest absolute Gasteiger partial charge is 0.164 e. The van der Waals surface area contributed by atoms with Crippen molar-refractivity contribution in [1.29, 1.82) is 0 Å². The van der Waals surface area contributed by atoms with E-state index in [9.17, 15) is 4.79 Å². The van der Waals surface area contributed by atoms with Gasteiger partial charge in [0.15, 0.2) is 5.78 Å². The summed E-state index contributed by atoms with van der Waals surface area (Å²) in [7, 11) is 0.